The van der Waals surface area contributed by atoms with Gasteiger partial charge >= 0.3 is 0 Å². The van der Waals surface area contributed by atoms with Gasteiger partial charge in [0.05, 0.1) is 27.0 Å². The van der Waals surface area contributed by atoms with Crippen LogP contribution in [-0.4, -0.2) is 83.1 Å². The molecule has 67 heavy (non-hydrogen) atoms. The Balaban J connectivity index is 0.866. The monoisotopic (exact) mass is 935 g/mol. The van der Waals surface area contributed by atoms with E-state index in [1.165, 1.54) is 36.1 Å². The number of rotatable bonds is 11. The molecule has 5 aromatic rings. The predicted molar refractivity (Wildman–Crippen MR) is 252 cm³/mol. The summed E-state index contributed by atoms with van der Waals surface area (Å²) in [6.45, 7) is 9.10. The summed E-state index contributed by atoms with van der Waals surface area (Å²) in [7, 11) is -4.74. The minimum atomic E-state index is -4.74. The van der Waals surface area contributed by atoms with Crippen LogP contribution in [0.3, 0.4) is 0 Å². The number of nitrogens with zero attached hydrogens (tertiary/aromatic N) is 4. The molecule has 15 nitrogen and oxygen atoms in total. The number of nitrogens with one attached hydrogen (secondary N) is 3. The fourth-order valence-electron chi connectivity index (χ4n) is 11.5. The number of pyridine rings is 1. The number of amides is 1. The Morgan fingerprint density at radius 3 is 2.52 bits per heavy atom. The van der Waals surface area contributed by atoms with E-state index < -0.39 is 43.0 Å². The first kappa shape index (κ1) is 45.0. The highest BCUT2D eigenvalue weighted by Gasteiger charge is 2.50. The topological polar surface area (TPSA) is 192 Å². The van der Waals surface area contributed by atoms with Crippen LogP contribution >= 0.6 is 0 Å². The average Bonchev–Trinajstić information content (AvgIpc) is 3.97. The van der Waals surface area contributed by atoms with Crippen LogP contribution in [0.25, 0.3) is 11.0 Å². The third-order valence-corrected chi connectivity index (χ3v) is 16.7. The summed E-state index contributed by atoms with van der Waals surface area (Å²) in [5.41, 5.74) is 2.75. The summed E-state index contributed by atoms with van der Waals surface area (Å²) in [6, 6.07) is 19.6. The van der Waals surface area contributed by atoms with Crippen molar-refractivity contribution in [2.75, 3.05) is 36.5 Å². The number of aromatic nitrogens is 2. The van der Waals surface area contributed by atoms with E-state index >= 15 is 4.39 Å². The van der Waals surface area contributed by atoms with Crippen LogP contribution in [-0.2, 0) is 10.0 Å². The molecule has 2 aliphatic carbocycles. The van der Waals surface area contributed by atoms with Gasteiger partial charge in [-0.15, -0.1) is 0 Å². The van der Waals surface area contributed by atoms with Crippen molar-refractivity contribution in [3.8, 4) is 17.2 Å². The molecule has 0 unspecified atom stereocenters. The van der Waals surface area contributed by atoms with E-state index in [1.807, 2.05) is 0 Å². The van der Waals surface area contributed by atoms with Gasteiger partial charge in [-0.1, -0.05) is 38.1 Å². The fraction of sp³-hybridized carbons (Fsp3) is 0.480. The first-order valence-corrected chi connectivity index (χ1v) is 25.1. The summed E-state index contributed by atoms with van der Waals surface area (Å²) in [5, 5.41) is 26.6. The van der Waals surface area contributed by atoms with Crippen LogP contribution in [0.2, 0.25) is 0 Å². The van der Waals surface area contributed by atoms with Crippen LogP contribution in [0.1, 0.15) is 118 Å². The largest absolute Gasteiger partial charge is 0.489 e. The molecule has 4 fully saturated rings. The minimum Gasteiger partial charge on any atom is -0.489 e. The number of likely N-dealkylation sites (tertiary alicyclic amines) is 1. The highest BCUT2D eigenvalue weighted by atomic mass is 32.2. The molecule has 4 N–H and O–H groups in total. The zero-order valence-electron chi connectivity index (χ0n) is 38.1. The van der Waals surface area contributed by atoms with Gasteiger partial charge in [0.1, 0.15) is 18.0 Å². The van der Waals surface area contributed by atoms with Gasteiger partial charge in [0.25, 0.3) is 27.6 Å². The number of nitro groups is 1. The van der Waals surface area contributed by atoms with Crippen LogP contribution in [0.15, 0.2) is 77.8 Å². The van der Waals surface area contributed by atoms with Crippen LogP contribution in [0.5, 0.6) is 17.2 Å². The quantitative estimate of drug-likeness (QED) is 0.0558. The fourth-order valence-corrected chi connectivity index (χ4v) is 12.5. The summed E-state index contributed by atoms with van der Waals surface area (Å²) >= 11 is 0. The standard InChI is InChI=1S/C50H58FN7O8S/c1-30(2)36-7-4-5-8-37(36)40-9-6-20-57(40)34-27-50(28-34)17-21-56(22-18-50)33-10-11-38(42(24-33)66-44-23-32-14-19-52-47(32)54-46(44)51)48(59)55-67(63,64)35-25-41(58(61)62)45-43(26-35)65-29-39(53-45)31-12-15-49(3,60)16-13-31/h4-5,7-8,10-11,14,19,23-26,30-31,34,39-40,53,60H,6,9,12-13,15-18,20-22,27-29H2,1-3H3,(H,52,54)(H,55,59)/t31-,39-,40+,49-/m1/s1. The van der Waals surface area contributed by atoms with Gasteiger partial charge in [0.2, 0.25) is 0 Å². The highest BCUT2D eigenvalue weighted by molar-refractivity contribution is 7.90. The summed E-state index contributed by atoms with van der Waals surface area (Å²) < 4.78 is 57.5. The second-order valence-electron chi connectivity index (χ2n) is 20.1. The molecule has 1 spiro atoms. The Hall–Kier alpha value is -5.78. The molecular formula is C50H58FN7O8S. The van der Waals surface area contributed by atoms with Crippen LogP contribution in [0.4, 0.5) is 21.5 Å². The Kier molecular flexibility index (Phi) is 11.7. The zero-order valence-corrected chi connectivity index (χ0v) is 38.9. The number of ether oxygens (including phenoxy) is 2. The van der Waals surface area contributed by atoms with Crippen molar-refractivity contribution in [3.05, 3.63) is 106 Å². The highest BCUT2D eigenvalue weighted by Crippen LogP contribution is 2.54. The number of benzene rings is 3. The molecule has 2 aromatic heterocycles. The maximum atomic E-state index is 15.5. The number of piperidine rings is 1. The molecule has 3 aromatic carbocycles. The maximum Gasteiger partial charge on any atom is 0.297 e. The summed E-state index contributed by atoms with van der Waals surface area (Å²) in [6.07, 6.45) is 10.8. The second-order valence-corrected chi connectivity index (χ2v) is 21.8. The van der Waals surface area contributed by atoms with Gasteiger partial charge in [-0.3, -0.25) is 19.8 Å². The Morgan fingerprint density at radius 2 is 1.78 bits per heavy atom. The second kappa shape index (κ2) is 17.4. The first-order chi connectivity index (χ1) is 32.1. The predicted octanol–water partition coefficient (Wildman–Crippen LogP) is 9.34. The van der Waals surface area contributed by atoms with Crippen molar-refractivity contribution in [1.82, 2.24) is 19.6 Å². The lowest BCUT2D eigenvalue weighted by molar-refractivity contribution is -0.384. The molecule has 0 radical (unpaired) electrons. The number of nitro benzene ring substituents is 1. The molecule has 10 rings (SSSR count). The number of carbonyl (C=O) groups is 1. The zero-order chi connectivity index (χ0) is 46.8. The van der Waals surface area contributed by atoms with Crippen LogP contribution < -0.4 is 24.4 Å². The number of aliphatic hydroxyl groups is 1. The Morgan fingerprint density at radius 1 is 1.01 bits per heavy atom. The number of hydrogen-bond acceptors (Lipinski definition) is 12. The average molecular weight is 936 g/mol. The van der Waals surface area contributed by atoms with Gasteiger partial charge in [0.15, 0.2) is 17.2 Å². The number of hydrogen-bond donors (Lipinski definition) is 4. The van der Waals surface area contributed by atoms with Crippen LogP contribution in [0, 0.1) is 27.4 Å². The lowest BCUT2D eigenvalue weighted by Crippen LogP contribution is -2.54. The van der Waals surface area contributed by atoms with Gasteiger partial charge in [-0.2, -0.15) is 9.37 Å². The van der Waals surface area contributed by atoms with Crippen molar-refractivity contribution in [1.29, 1.82) is 0 Å². The lowest BCUT2D eigenvalue weighted by Gasteiger charge is -2.56. The number of halogens is 1. The number of aromatic amines is 1. The molecule has 5 aliphatic rings. The number of sulfonamides is 1. The molecule has 354 valence electrons. The molecule has 17 heteroatoms. The molecule has 0 bridgehead atoms. The third kappa shape index (κ3) is 8.81. The van der Waals surface area contributed by atoms with E-state index in [4.69, 9.17) is 9.47 Å². The summed E-state index contributed by atoms with van der Waals surface area (Å²) in [5.74, 6) is -1.85. The molecule has 2 saturated carbocycles. The van der Waals surface area contributed by atoms with Crippen molar-refractivity contribution < 1.29 is 37.1 Å². The first-order valence-electron chi connectivity index (χ1n) is 23.6. The normalized spacial score (nSPS) is 24.2. The molecule has 3 aliphatic heterocycles. The number of anilines is 2. The van der Waals surface area contributed by atoms with Gasteiger partial charge in [-0.25, -0.2) is 13.1 Å². The number of H-pyrrole nitrogens is 1. The number of carbonyl (C=O) groups excluding carboxylic acids is 1. The van der Waals surface area contributed by atoms with Crippen molar-refractivity contribution in [2.45, 2.75) is 120 Å². The van der Waals surface area contributed by atoms with E-state index in [0.717, 1.165) is 63.1 Å². The Bertz CT molecular complexity index is 2830. The minimum absolute atomic E-state index is 0.0361. The third-order valence-electron chi connectivity index (χ3n) is 15.4. The maximum absolute atomic E-state index is 15.5. The van der Waals surface area contributed by atoms with Gasteiger partial charge in [0, 0.05) is 60.6 Å². The van der Waals surface area contributed by atoms with Crippen molar-refractivity contribution >= 4 is 44.0 Å². The molecule has 2 saturated heterocycles. The molecular weight excluding hydrogens is 878 g/mol. The van der Waals surface area contributed by atoms with Gasteiger partial charge in [-0.05, 0) is 130 Å². The SMILES string of the molecule is CC(C)c1ccccc1[C@@H]1CCCN1C1CC2(CCN(c3ccc(C(=O)NS(=O)(=O)c4cc5c(c([N+](=O)[O-])c4)N[C@@H]([C@H]4CC[C@](C)(O)CC4)CO5)c(Oc4cc5cc[nH]c5nc4F)c3)CC2)C1. The van der Waals surface area contributed by atoms with Crippen molar-refractivity contribution in [2.24, 2.45) is 11.3 Å². The van der Waals surface area contributed by atoms with E-state index in [0.29, 0.717) is 54.7 Å². The smallest absolute Gasteiger partial charge is 0.297 e. The van der Waals surface area contributed by atoms with Gasteiger partial charge < -0.3 is 29.8 Å². The molecule has 1 amide bonds. The van der Waals surface area contributed by atoms with E-state index in [2.05, 4.69) is 67.9 Å². The lowest BCUT2D eigenvalue weighted by atomic mass is 9.59. The van der Waals surface area contributed by atoms with E-state index in [-0.39, 0.29) is 52.5 Å². The molecule has 2 atom stereocenters. The van der Waals surface area contributed by atoms with E-state index in [1.54, 1.807) is 31.3 Å². The number of fused-ring (bicyclic) bond motifs is 2. The van der Waals surface area contributed by atoms with Crippen molar-refractivity contribution in [3.63, 3.8) is 0 Å². The molecule has 5 heterocycles. The summed E-state index contributed by atoms with van der Waals surface area (Å²) in [4.78, 5) is 37.1. The Labute approximate surface area is 389 Å². The van der Waals surface area contributed by atoms with E-state index in [9.17, 15) is 28.4 Å².